The van der Waals surface area contributed by atoms with Crippen LogP contribution in [-0.2, 0) is 28.6 Å². The summed E-state index contributed by atoms with van der Waals surface area (Å²) >= 11 is 0. The van der Waals surface area contributed by atoms with E-state index in [0.29, 0.717) is 0 Å². The Morgan fingerprint density at radius 3 is 2.52 bits per heavy atom. The van der Waals surface area contributed by atoms with Crippen molar-refractivity contribution in [3.05, 3.63) is 0 Å². The molecular weight excluding hydrogens is 362 g/mol. The third kappa shape index (κ3) is 4.23. The average Bonchev–Trinajstić information content (AvgIpc) is 2.59. The van der Waals surface area contributed by atoms with Crippen molar-refractivity contribution in [1.82, 2.24) is 5.32 Å². The molecule has 0 spiro atoms. The molecule has 0 aliphatic carbocycles. The fourth-order valence-corrected chi connectivity index (χ4v) is 3.10. The summed E-state index contributed by atoms with van der Waals surface area (Å²) < 4.78 is 16.2. The summed E-state index contributed by atoms with van der Waals surface area (Å²) in [4.78, 5) is 36.4. The largest absolute Gasteiger partial charge is 0.452 e. The number of rotatable bonds is 6. The van der Waals surface area contributed by atoms with Crippen LogP contribution in [0.25, 0.3) is 0 Å². The van der Waals surface area contributed by atoms with E-state index in [2.05, 4.69) is 5.32 Å². The van der Waals surface area contributed by atoms with Crippen LogP contribution in [0.1, 0.15) is 34.1 Å². The molecule has 2 aliphatic rings. The summed E-state index contributed by atoms with van der Waals surface area (Å²) in [6, 6.07) is -1.03. The van der Waals surface area contributed by atoms with Crippen molar-refractivity contribution in [3.63, 3.8) is 0 Å². The van der Waals surface area contributed by atoms with Gasteiger partial charge in [-0.1, -0.05) is 20.8 Å². The van der Waals surface area contributed by atoms with E-state index in [4.69, 9.17) is 14.2 Å². The molecule has 4 N–H and O–H groups in total. The highest BCUT2D eigenvalue weighted by molar-refractivity contribution is 5.84. The molecule has 0 aromatic rings. The Labute approximate surface area is 156 Å². The van der Waals surface area contributed by atoms with Crippen LogP contribution in [0.15, 0.2) is 0 Å². The molecule has 27 heavy (non-hydrogen) atoms. The van der Waals surface area contributed by atoms with Gasteiger partial charge in [0.1, 0.15) is 12.2 Å². The molecule has 2 saturated heterocycles. The second-order valence-electron chi connectivity index (χ2n) is 7.41. The molecule has 0 aromatic carbocycles. The van der Waals surface area contributed by atoms with Crippen LogP contribution in [0.4, 0.5) is 0 Å². The third-order valence-corrected chi connectivity index (χ3v) is 5.02. The van der Waals surface area contributed by atoms with Crippen molar-refractivity contribution >= 4 is 17.8 Å². The Balaban J connectivity index is 2.34. The van der Waals surface area contributed by atoms with Gasteiger partial charge in [0, 0.05) is 6.92 Å². The monoisotopic (exact) mass is 389 g/mol. The summed E-state index contributed by atoms with van der Waals surface area (Å²) in [5, 5.41) is 32.2. The third-order valence-electron chi connectivity index (χ3n) is 5.02. The number of aliphatic hydroxyl groups is 3. The standard InChI is InChI=1S/C17H27NO9/c1-7(2)8(3)15(23)27-17-5-10(21)12(18-9(4)20)14(26-17)13(11(22)6-19)25-16(17)24/h7-8,10-14,19,21-22H,5-6H2,1-4H3,(H,18,20)/t8-,10-,11+,12+,13+,14+,17+/m0/s1. The minimum atomic E-state index is -2.18. The van der Waals surface area contributed by atoms with Crippen LogP contribution in [0.3, 0.4) is 0 Å². The molecule has 10 nitrogen and oxygen atoms in total. The van der Waals surface area contributed by atoms with E-state index in [9.17, 15) is 29.7 Å². The smallest absolute Gasteiger partial charge is 0.380 e. The van der Waals surface area contributed by atoms with Crippen molar-refractivity contribution < 1.29 is 43.9 Å². The van der Waals surface area contributed by atoms with E-state index in [1.807, 2.05) is 13.8 Å². The highest BCUT2D eigenvalue weighted by atomic mass is 16.8. The average molecular weight is 389 g/mol. The lowest BCUT2D eigenvalue weighted by atomic mass is 9.86. The fraction of sp³-hybridized carbons (Fsp3) is 0.824. The van der Waals surface area contributed by atoms with E-state index in [1.165, 1.54) is 6.92 Å². The van der Waals surface area contributed by atoms with Gasteiger partial charge < -0.3 is 34.8 Å². The molecule has 2 heterocycles. The molecular formula is C17H27NO9. The van der Waals surface area contributed by atoms with Crippen LogP contribution in [0.5, 0.6) is 0 Å². The lowest BCUT2D eigenvalue weighted by molar-refractivity contribution is -0.334. The number of carbonyl (C=O) groups is 3. The lowest BCUT2D eigenvalue weighted by Crippen LogP contribution is -2.72. The molecule has 7 atom stereocenters. The van der Waals surface area contributed by atoms with Crippen LogP contribution in [-0.4, -0.2) is 76.0 Å². The van der Waals surface area contributed by atoms with Crippen LogP contribution < -0.4 is 5.32 Å². The number of aliphatic hydroxyl groups excluding tert-OH is 3. The zero-order valence-corrected chi connectivity index (χ0v) is 15.7. The van der Waals surface area contributed by atoms with Gasteiger partial charge in [-0.25, -0.2) is 4.79 Å². The van der Waals surface area contributed by atoms with Gasteiger partial charge in [0.05, 0.1) is 31.1 Å². The molecule has 0 aromatic heterocycles. The number of hydrogen-bond donors (Lipinski definition) is 4. The maximum atomic E-state index is 12.5. The van der Waals surface area contributed by atoms with Crippen molar-refractivity contribution in [2.45, 2.75) is 70.4 Å². The van der Waals surface area contributed by atoms with Gasteiger partial charge in [-0.3, -0.25) is 9.59 Å². The number of amides is 1. The molecule has 0 saturated carbocycles. The van der Waals surface area contributed by atoms with Crippen molar-refractivity contribution in [1.29, 1.82) is 0 Å². The predicted octanol–water partition coefficient (Wildman–Crippen LogP) is -1.55. The first-order chi connectivity index (χ1) is 12.5. The van der Waals surface area contributed by atoms with Crippen LogP contribution in [0.2, 0.25) is 0 Å². The fourth-order valence-electron chi connectivity index (χ4n) is 3.10. The van der Waals surface area contributed by atoms with Crippen LogP contribution in [0, 0.1) is 11.8 Å². The van der Waals surface area contributed by atoms with Gasteiger partial charge in [0.25, 0.3) is 0 Å². The number of carbonyl (C=O) groups excluding carboxylic acids is 3. The zero-order chi connectivity index (χ0) is 20.5. The molecule has 0 radical (unpaired) electrons. The van der Waals surface area contributed by atoms with Crippen molar-refractivity contribution in [2.75, 3.05) is 6.61 Å². The molecule has 2 rings (SSSR count). The topological polar surface area (TPSA) is 152 Å². The molecule has 2 fully saturated rings. The van der Waals surface area contributed by atoms with Crippen LogP contribution >= 0.6 is 0 Å². The molecule has 2 aliphatic heterocycles. The number of cyclic esters (lactones) is 1. The SMILES string of the molecule is CC(=O)N[C@H]1[C@H]2O[C@@](OC(=O)[C@@H](C)C(C)C)(C[C@@H]1O)C(=O)O[C@@H]2[C@H](O)CO. The second-order valence-corrected chi connectivity index (χ2v) is 7.41. The molecule has 1 amide bonds. The van der Waals surface area contributed by atoms with Gasteiger partial charge in [0.15, 0.2) is 6.10 Å². The summed E-state index contributed by atoms with van der Waals surface area (Å²) in [5.41, 5.74) is 0. The minimum Gasteiger partial charge on any atom is -0.452 e. The summed E-state index contributed by atoms with van der Waals surface area (Å²) in [6.45, 7) is 5.74. The first-order valence-electron chi connectivity index (χ1n) is 8.88. The zero-order valence-electron chi connectivity index (χ0n) is 15.7. The first-order valence-corrected chi connectivity index (χ1v) is 8.88. The molecule has 0 unspecified atom stereocenters. The summed E-state index contributed by atoms with van der Waals surface area (Å²) in [5.74, 6) is -5.04. The highest BCUT2D eigenvalue weighted by Crippen LogP contribution is 2.39. The van der Waals surface area contributed by atoms with Gasteiger partial charge in [0.2, 0.25) is 5.91 Å². The van der Waals surface area contributed by atoms with Gasteiger partial charge in [-0.05, 0) is 5.92 Å². The quantitative estimate of drug-likeness (QED) is 0.396. The van der Waals surface area contributed by atoms with Crippen molar-refractivity contribution in [2.24, 2.45) is 11.8 Å². The Hall–Kier alpha value is -1.75. The van der Waals surface area contributed by atoms with E-state index in [1.54, 1.807) is 6.92 Å². The van der Waals surface area contributed by atoms with E-state index < -0.39 is 73.0 Å². The Kier molecular flexibility index (Phi) is 6.46. The Bertz CT molecular complexity index is 593. The maximum absolute atomic E-state index is 12.5. The van der Waals surface area contributed by atoms with E-state index in [-0.39, 0.29) is 5.92 Å². The molecule has 154 valence electrons. The Morgan fingerprint density at radius 1 is 1.37 bits per heavy atom. The number of nitrogens with one attached hydrogen (secondary N) is 1. The number of fused-ring (bicyclic) bond motifs is 2. The number of ether oxygens (including phenoxy) is 3. The predicted molar refractivity (Wildman–Crippen MR) is 88.9 cm³/mol. The number of hydrogen-bond acceptors (Lipinski definition) is 9. The lowest BCUT2D eigenvalue weighted by Gasteiger charge is -2.51. The summed E-state index contributed by atoms with van der Waals surface area (Å²) in [6.07, 6.45) is -5.84. The molecule has 2 bridgehead atoms. The van der Waals surface area contributed by atoms with Gasteiger partial charge in [-0.15, -0.1) is 0 Å². The normalized spacial score (nSPS) is 35.2. The molecule has 10 heteroatoms. The second kappa shape index (κ2) is 8.09. The number of esters is 2. The first kappa shape index (κ1) is 21.5. The van der Waals surface area contributed by atoms with Gasteiger partial charge in [-0.2, -0.15) is 0 Å². The maximum Gasteiger partial charge on any atom is 0.380 e. The van der Waals surface area contributed by atoms with Crippen molar-refractivity contribution in [3.8, 4) is 0 Å². The minimum absolute atomic E-state index is 0.0612. The Morgan fingerprint density at radius 2 is 2.00 bits per heavy atom. The van der Waals surface area contributed by atoms with E-state index in [0.717, 1.165) is 0 Å². The highest BCUT2D eigenvalue weighted by Gasteiger charge is 2.63. The van der Waals surface area contributed by atoms with Gasteiger partial charge >= 0.3 is 17.7 Å². The summed E-state index contributed by atoms with van der Waals surface area (Å²) in [7, 11) is 0. The van der Waals surface area contributed by atoms with E-state index >= 15 is 0 Å².